The van der Waals surface area contributed by atoms with Gasteiger partial charge in [-0.3, -0.25) is 14.2 Å². The second-order valence-electron chi connectivity index (χ2n) is 9.18. The summed E-state index contributed by atoms with van der Waals surface area (Å²) in [6.45, 7) is 5.55. The number of thiophene rings is 1. The Kier molecular flexibility index (Phi) is 6.83. The van der Waals surface area contributed by atoms with Gasteiger partial charge in [-0.2, -0.15) is 0 Å². The minimum Gasteiger partial charge on any atom is -0.454 e. The maximum absolute atomic E-state index is 13.5. The zero-order chi connectivity index (χ0) is 23.7. The van der Waals surface area contributed by atoms with E-state index in [0.29, 0.717) is 29.9 Å². The molecule has 1 aliphatic carbocycles. The fourth-order valence-electron chi connectivity index (χ4n) is 4.35. The number of aryl methyl sites for hydroxylation is 2. The molecule has 1 aliphatic heterocycles. The molecule has 180 valence electrons. The molecule has 9 heteroatoms. The van der Waals surface area contributed by atoms with Gasteiger partial charge in [0, 0.05) is 18.0 Å². The topological polar surface area (TPSA) is 82.5 Å². The molecule has 0 saturated heterocycles. The van der Waals surface area contributed by atoms with Gasteiger partial charge in [-0.05, 0) is 61.3 Å². The monoisotopic (exact) mass is 499 g/mol. The molecule has 0 bridgehead atoms. The van der Waals surface area contributed by atoms with Crippen molar-refractivity contribution in [1.29, 1.82) is 0 Å². The summed E-state index contributed by atoms with van der Waals surface area (Å²) in [5.41, 5.74) is 2.20. The van der Waals surface area contributed by atoms with Crippen molar-refractivity contribution in [3.63, 3.8) is 0 Å². The number of benzene rings is 1. The van der Waals surface area contributed by atoms with E-state index < -0.39 is 0 Å². The van der Waals surface area contributed by atoms with Gasteiger partial charge in [0.15, 0.2) is 16.7 Å². The predicted octanol–water partition coefficient (Wildman–Crippen LogP) is 4.52. The summed E-state index contributed by atoms with van der Waals surface area (Å²) in [5, 5.41) is 4.39. The predicted molar refractivity (Wildman–Crippen MR) is 135 cm³/mol. The molecule has 1 aromatic carbocycles. The zero-order valence-corrected chi connectivity index (χ0v) is 21.2. The Bertz CT molecular complexity index is 1280. The Morgan fingerprint density at radius 1 is 1.24 bits per heavy atom. The Balaban J connectivity index is 1.32. The lowest BCUT2D eigenvalue weighted by Crippen LogP contribution is -2.27. The number of nitrogens with one attached hydrogen (secondary N) is 1. The van der Waals surface area contributed by atoms with Crippen LogP contribution >= 0.6 is 23.1 Å². The number of carbonyl (C=O) groups excluding carboxylic acids is 1. The van der Waals surface area contributed by atoms with Gasteiger partial charge in [-0.1, -0.05) is 31.7 Å². The molecule has 0 fully saturated rings. The molecule has 0 saturated carbocycles. The molecule has 5 rings (SSSR count). The number of rotatable bonds is 8. The summed E-state index contributed by atoms with van der Waals surface area (Å²) in [6, 6.07) is 5.65. The summed E-state index contributed by atoms with van der Waals surface area (Å²) in [4.78, 5) is 33.2. The molecule has 0 spiro atoms. The molecular weight excluding hydrogens is 470 g/mol. The van der Waals surface area contributed by atoms with Crippen molar-refractivity contribution in [2.45, 2.75) is 64.2 Å². The third kappa shape index (κ3) is 4.81. The Hall–Kier alpha value is -2.52. The fraction of sp³-hybridized carbons (Fsp3) is 0.480. The van der Waals surface area contributed by atoms with Gasteiger partial charge in [0.05, 0.1) is 11.1 Å². The lowest BCUT2D eigenvalue weighted by atomic mass is 9.97. The maximum Gasteiger partial charge on any atom is 0.263 e. The molecule has 3 aromatic rings. The number of hydrogen-bond acceptors (Lipinski definition) is 7. The van der Waals surface area contributed by atoms with Crippen LogP contribution in [0.2, 0.25) is 0 Å². The van der Waals surface area contributed by atoms with E-state index in [2.05, 4.69) is 19.2 Å². The summed E-state index contributed by atoms with van der Waals surface area (Å²) in [6.07, 6.45) is 5.19. The van der Waals surface area contributed by atoms with Crippen molar-refractivity contribution >= 4 is 39.2 Å². The van der Waals surface area contributed by atoms with Crippen LogP contribution in [0.5, 0.6) is 11.5 Å². The molecule has 2 aromatic heterocycles. The number of amides is 1. The van der Waals surface area contributed by atoms with Crippen molar-refractivity contribution in [2.75, 3.05) is 12.5 Å². The minimum atomic E-state index is -0.0992. The molecular formula is C25H29N3O4S2. The number of aromatic nitrogens is 2. The molecule has 2 aliphatic rings. The highest BCUT2D eigenvalue weighted by Gasteiger charge is 2.23. The van der Waals surface area contributed by atoms with Crippen LogP contribution in [0.15, 0.2) is 28.2 Å². The van der Waals surface area contributed by atoms with Crippen molar-refractivity contribution in [3.05, 3.63) is 44.6 Å². The normalized spacial score (nSPS) is 14.6. The average molecular weight is 500 g/mol. The number of carbonyl (C=O) groups is 1. The van der Waals surface area contributed by atoms with E-state index in [0.717, 1.165) is 47.2 Å². The van der Waals surface area contributed by atoms with Crippen molar-refractivity contribution in [1.82, 2.24) is 14.9 Å². The van der Waals surface area contributed by atoms with Gasteiger partial charge in [0.1, 0.15) is 4.83 Å². The Morgan fingerprint density at radius 2 is 2.06 bits per heavy atom. The van der Waals surface area contributed by atoms with Gasteiger partial charge in [-0.25, -0.2) is 4.98 Å². The Morgan fingerprint density at radius 3 is 2.91 bits per heavy atom. The van der Waals surface area contributed by atoms with Gasteiger partial charge in [0.25, 0.3) is 5.56 Å². The highest BCUT2D eigenvalue weighted by molar-refractivity contribution is 7.99. The first-order valence-corrected chi connectivity index (χ1v) is 13.6. The first-order valence-electron chi connectivity index (χ1n) is 11.8. The van der Waals surface area contributed by atoms with E-state index in [1.54, 1.807) is 15.9 Å². The number of fused-ring (bicyclic) bond motifs is 4. The van der Waals surface area contributed by atoms with E-state index in [4.69, 9.17) is 14.5 Å². The van der Waals surface area contributed by atoms with Gasteiger partial charge in [0.2, 0.25) is 12.7 Å². The van der Waals surface area contributed by atoms with E-state index in [9.17, 15) is 9.59 Å². The van der Waals surface area contributed by atoms with Crippen LogP contribution in [0.4, 0.5) is 0 Å². The number of nitrogens with zero attached hydrogens (tertiary/aromatic N) is 2. The third-order valence-corrected chi connectivity index (χ3v) is 8.39. The molecule has 7 nitrogen and oxygen atoms in total. The first kappa shape index (κ1) is 23.2. The Labute approximate surface area is 206 Å². The van der Waals surface area contributed by atoms with Crippen molar-refractivity contribution in [3.8, 4) is 11.5 Å². The van der Waals surface area contributed by atoms with Crippen LogP contribution in [-0.2, 0) is 30.7 Å². The molecule has 0 unspecified atom stereocenters. The third-order valence-electron chi connectivity index (χ3n) is 6.23. The zero-order valence-electron chi connectivity index (χ0n) is 19.5. The summed E-state index contributed by atoms with van der Waals surface area (Å²) >= 11 is 2.99. The average Bonchev–Trinajstić information content (AvgIpc) is 3.44. The molecule has 1 amide bonds. The summed E-state index contributed by atoms with van der Waals surface area (Å²) in [5.74, 6) is 2.00. The van der Waals surface area contributed by atoms with Crippen LogP contribution in [0, 0.1) is 5.92 Å². The standard InChI is InChI=1S/C25H29N3O4S2/c1-15(2)9-10-28-24(30)22-17-5-3-4-6-20(17)34-23(22)27-25(28)33-13-21(29)26-12-16-7-8-18-19(11-16)32-14-31-18/h7-8,11,15H,3-6,9-10,12-14H2,1-2H3,(H,26,29). The van der Waals surface area contributed by atoms with Gasteiger partial charge >= 0.3 is 0 Å². The number of ether oxygens (including phenoxy) is 2. The second-order valence-corrected chi connectivity index (χ2v) is 11.2. The fourth-order valence-corrected chi connectivity index (χ4v) is 6.50. The molecule has 0 atom stereocenters. The van der Waals surface area contributed by atoms with E-state index in [1.165, 1.54) is 28.6 Å². The van der Waals surface area contributed by atoms with Crippen LogP contribution in [-0.4, -0.2) is 28.0 Å². The van der Waals surface area contributed by atoms with E-state index >= 15 is 0 Å². The summed E-state index contributed by atoms with van der Waals surface area (Å²) < 4.78 is 12.5. The van der Waals surface area contributed by atoms with Crippen LogP contribution < -0.4 is 20.3 Å². The van der Waals surface area contributed by atoms with Crippen LogP contribution in [0.1, 0.15) is 49.1 Å². The smallest absolute Gasteiger partial charge is 0.263 e. The maximum atomic E-state index is 13.5. The van der Waals surface area contributed by atoms with Crippen LogP contribution in [0.25, 0.3) is 10.2 Å². The minimum absolute atomic E-state index is 0.0494. The molecule has 1 N–H and O–H groups in total. The highest BCUT2D eigenvalue weighted by atomic mass is 32.2. The largest absolute Gasteiger partial charge is 0.454 e. The second kappa shape index (κ2) is 10.00. The highest BCUT2D eigenvalue weighted by Crippen LogP contribution is 2.35. The molecule has 3 heterocycles. The van der Waals surface area contributed by atoms with Crippen molar-refractivity contribution in [2.24, 2.45) is 5.92 Å². The number of thioether (sulfide) groups is 1. The number of hydrogen-bond donors (Lipinski definition) is 1. The molecule has 34 heavy (non-hydrogen) atoms. The lowest BCUT2D eigenvalue weighted by molar-refractivity contribution is -0.118. The van der Waals surface area contributed by atoms with Gasteiger partial charge in [-0.15, -0.1) is 11.3 Å². The SMILES string of the molecule is CC(C)CCn1c(SCC(=O)NCc2ccc3c(c2)OCO3)nc2sc3c(c2c1=O)CCCC3. The van der Waals surface area contributed by atoms with E-state index in [-0.39, 0.29) is 24.0 Å². The lowest BCUT2D eigenvalue weighted by Gasteiger charge is -2.14. The summed E-state index contributed by atoms with van der Waals surface area (Å²) in [7, 11) is 0. The van der Waals surface area contributed by atoms with Crippen molar-refractivity contribution < 1.29 is 14.3 Å². The van der Waals surface area contributed by atoms with E-state index in [1.807, 2.05) is 18.2 Å². The first-order chi connectivity index (χ1) is 16.5. The van der Waals surface area contributed by atoms with Crippen LogP contribution in [0.3, 0.4) is 0 Å². The van der Waals surface area contributed by atoms with Gasteiger partial charge < -0.3 is 14.8 Å². The molecule has 0 radical (unpaired) electrons. The quantitative estimate of drug-likeness (QED) is 0.363.